The number of hydrogen-bond acceptors (Lipinski definition) is 2. The molecule has 2 heterocycles. The van der Waals surface area contributed by atoms with Crippen LogP contribution in [0.4, 0.5) is 0 Å². The minimum atomic E-state index is 0.154. The van der Waals surface area contributed by atoms with Gasteiger partial charge in [0, 0.05) is 6.20 Å². The molecule has 0 bridgehead atoms. The fourth-order valence-electron chi connectivity index (χ4n) is 1.20. The van der Waals surface area contributed by atoms with Gasteiger partial charge in [-0.15, -0.1) is 0 Å². The van der Waals surface area contributed by atoms with Crippen molar-refractivity contribution in [1.29, 1.82) is 0 Å². The average molecular weight is 148 g/mol. The van der Waals surface area contributed by atoms with Crippen LogP contribution < -0.4 is 0 Å². The molecule has 0 fully saturated rings. The van der Waals surface area contributed by atoms with Crippen LogP contribution in [-0.2, 0) is 11.2 Å². The largest absolute Gasteiger partial charge is 0.294 e. The molecule has 1 aliphatic heterocycles. The van der Waals surface area contributed by atoms with E-state index in [-0.39, 0.29) is 5.78 Å². The summed E-state index contributed by atoms with van der Waals surface area (Å²) in [7, 11) is 0. The lowest BCUT2D eigenvalue weighted by Crippen LogP contribution is -2.10. The van der Waals surface area contributed by atoms with Gasteiger partial charge in [-0.3, -0.25) is 4.79 Å². The standard InChI is InChI=1S/C8H8N2O/c1-6-5-9-10-3-2-7(11)4-8(6)10/h2-3,5H,4H2,1H3. The molecule has 56 valence electrons. The third-order valence-corrected chi connectivity index (χ3v) is 1.85. The van der Waals surface area contributed by atoms with Gasteiger partial charge < -0.3 is 0 Å². The average Bonchev–Trinajstić information content (AvgIpc) is 2.33. The molecule has 0 N–H and O–H groups in total. The third kappa shape index (κ3) is 0.888. The molecule has 0 aromatic carbocycles. The van der Waals surface area contributed by atoms with E-state index >= 15 is 0 Å². The lowest BCUT2D eigenvalue weighted by atomic mass is 10.1. The zero-order valence-electron chi connectivity index (χ0n) is 6.24. The molecular formula is C8H8N2O. The number of allylic oxidation sites excluding steroid dienone is 1. The first-order valence-electron chi connectivity index (χ1n) is 3.51. The van der Waals surface area contributed by atoms with Crippen LogP contribution in [0.15, 0.2) is 12.3 Å². The van der Waals surface area contributed by atoms with Gasteiger partial charge in [0.15, 0.2) is 5.78 Å². The molecule has 3 nitrogen and oxygen atoms in total. The topological polar surface area (TPSA) is 34.9 Å². The Hall–Kier alpha value is -1.38. The van der Waals surface area contributed by atoms with Gasteiger partial charge in [-0.25, -0.2) is 4.68 Å². The second-order valence-electron chi connectivity index (χ2n) is 2.68. The second-order valence-corrected chi connectivity index (χ2v) is 2.68. The van der Waals surface area contributed by atoms with Gasteiger partial charge in [-0.2, -0.15) is 5.10 Å². The Morgan fingerprint density at radius 2 is 2.45 bits per heavy atom. The van der Waals surface area contributed by atoms with Crippen LogP contribution in [0, 0.1) is 6.92 Å². The smallest absolute Gasteiger partial charge is 0.163 e. The van der Waals surface area contributed by atoms with Crippen LogP contribution >= 0.6 is 0 Å². The van der Waals surface area contributed by atoms with E-state index in [2.05, 4.69) is 5.10 Å². The Kier molecular flexibility index (Phi) is 1.18. The zero-order valence-corrected chi connectivity index (χ0v) is 6.24. The minimum absolute atomic E-state index is 0.154. The number of aromatic nitrogens is 2. The van der Waals surface area contributed by atoms with E-state index in [1.165, 1.54) is 0 Å². The Morgan fingerprint density at radius 3 is 3.27 bits per heavy atom. The molecule has 0 aliphatic carbocycles. The highest BCUT2D eigenvalue weighted by Crippen LogP contribution is 2.12. The number of nitrogens with zero attached hydrogens (tertiary/aromatic N) is 2. The number of carbonyl (C=O) groups is 1. The van der Waals surface area contributed by atoms with E-state index in [0.29, 0.717) is 6.42 Å². The highest BCUT2D eigenvalue weighted by molar-refractivity contribution is 5.95. The van der Waals surface area contributed by atoms with Gasteiger partial charge in [0.1, 0.15) is 0 Å². The summed E-state index contributed by atoms with van der Waals surface area (Å²) in [6, 6.07) is 0. The fraction of sp³-hybridized carbons (Fsp3) is 0.250. The maximum atomic E-state index is 10.9. The quantitative estimate of drug-likeness (QED) is 0.545. The number of aryl methyl sites for hydroxylation is 1. The number of fused-ring (bicyclic) bond motifs is 1. The van der Waals surface area contributed by atoms with Crippen molar-refractivity contribution in [3.05, 3.63) is 23.5 Å². The Bertz CT molecular complexity index is 336. The van der Waals surface area contributed by atoms with E-state index in [9.17, 15) is 4.79 Å². The first kappa shape index (κ1) is 6.34. The van der Waals surface area contributed by atoms with Crippen LogP contribution in [0.2, 0.25) is 0 Å². The summed E-state index contributed by atoms with van der Waals surface area (Å²) in [6.45, 7) is 1.96. The molecule has 1 aliphatic rings. The molecule has 1 aromatic rings. The molecule has 0 radical (unpaired) electrons. The molecule has 0 spiro atoms. The van der Waals surface area contributed by atoms with E-state index in [4.69, 9.17) is 0 Å². The van der Waals surface area contributed by atoms with Crippen LogP contribution in [0.3, 0.4) is 0 Å². The van der Waals surface area contributed by atoms with Crippen LogP contribution in [0.5, 0.6) is 0 Å². The number of hydrogen-bond donors (Lipinski definition) is 0. The second kappa shape index (κ2) is 2.05. The van der Waals surface area contributed by atoms with Gasteiger partial charge in [0.05, 0.1) is 18.3 Å². The van der Waals surface area contributed by atoms with Crippen molar-refractivity contribution >= 4 is 12.0 Å². The van der Waals surface area contributed by atoms with Gasteiger partial charge >= 0.3 is 0 Å². The summed E-state index contributed by atoms with van der Waals surface area (Å²) >= 11 is 0. The Balaban J connectivity index is 2.57. The summed E-state index contributed by atoms with van der Waals surface area (Å²) in [5.74, 6) is 0.154. The van der Waals surface area contributed by atoms with Gasteiger partial charge in [0.25, 0.3) is 0 Å². The maximum Gasteiger partial charge on any atom is 0.163 e. The van der Waals surface area contributed by atoms with E-state index in [1.54, 1.807) is 23.2 Å². The van der Waals surface area contributed by atoms with E-state index in [0.717, 1.165) is 11.3 Å². The number of carbonyl (C=O) groups excluding carboxylic acids is 1. The summed E-state index contributed by atoms with van der Waals surface area (Å²) in [6.07, 6.45) is 5.52. The summed E-state index contributed by atoms with van der Waals surface area (Å²) in [4.78, 5) is 10.9. The minimum Gasteiger partial charge on any atom is -0.294 e. The summed E-state index contributed by atoms with van der Waals surface area (Å²) in [5.41, 5.74) is 2.10. The van der Waals surface area contributed by atoms with Crippen LogP contribution in [0.1, 0.15) is 11.3 Å². The van der Waals surface area contributed by atoms with Gasteiger partial charge in [0.2, 0.25) is 0 Å². The number of ketones is 1. The summed E-state index contributed by atoms with van der Waals surface area (Å²) < 4.78 is 1.75. The lowest BCUT2D eigenvalue weighted by molar-refractivity contribution is -0.114. The molecule has 0 saturated carbocycles. The van der Waals surface area contributed by atoms with Gasteiger partial charge in [-0.1, -0.05) is 0 Å². The first-order chi connectivity index (χ1) is 5.27. The van der Waals surface area contributed by atoms with Crippen molar-refractivity contribution in [1.82, 2.24) is 9.78 Å². The van der Waals surface area contributed by atoms with Crippen molar-refractivity contribution in [2.75, 3.05) is 0 Å². The lowest BCUT2D eigenvalue weighted by Gasteiger charge is -2.05. The van der Waals surface area contributed by atoms with Crippen LogP contribution in [0.25, 0.3) is 6.20 Å². The van der Waals surface area contributed by atoms with Crippen molar-refractivity contribution in [3.8, 4) is 0 Å². The van der Waals surface area contributed by atoms with E-state index < -0.39 is 0 Å². The molecule has 0 unspecified atom stereocenters. The molecule has 1 aromatic heterocycles. The van der Waals surface area contributed by atoms with Crippen LogP contribution in [-0.4, -0.2) is 15.6 Å². The van der Waals surface area contributed by atoms with Crippen molar-refractivity contribution in [3.63, 3.8) is 0 Å². The Labute approximate surface area is 64.3 Å². The van der Waals surface area contributed by atoms with Crippen molar-refractivity contribution in [2.45, 2.75) is 13.3 Å². The molecule has 11 heavy (non-hydrogen) atoms. The van der Waals surface area contributed by atoms with Gasteiger partial charge in [-0.05, 0) is 18.6 Å². The SMILES string of the molecule is Cc1cnn2c1CC(=O)C=C2. The summed E-state index contributed by atoms with van der Waals surface area (Å²) in [5, 5.41) is 4.07. The van der Waals surface area contributed by atoms with Crippen molar-refractivity contribution < 1.29 is 4.79 Å². The highest BCUT2D eigenvalue weighted by atomic mass is 16.1. The van der Waals surface area contributed by atoms with Crippen molar-refractivity contribution in [2.24, 2.45) is 0 Å². The fourth-order valence-corrected chi connectivity index (χ4v) is 1.20. The predicted molar refractivity (Wildman–Crippen MR) is 41.0 cm³/mol. The molecule has 0 atom stereocenters. The maximum absolute atomic E-state index is 10.9. The molecular weight excluding hydrogens is 140 g/mol. The van der Waals surface area contributed by atoms with E-state index in [1.807, 2.05) is 6.92 Å². The molecule has 0 amide bonds. The predicted octanol–water partition coefficient (Wildman–Crippen LogP) is 0.787. The normalized spacial score (nSPS) is 15.2. The monoisotopic (exact) mass is 148 g/mol. The Morgan fingerprint density at radius 1 is 1.64 bits per heavy atom. The first-order valence-corrected chi connectivity index (χ1v) is 3.51. The zero-order chi connectivity index (χ0) is 7.84. The molecule has 2 rings (SSSR count). The number of rotatable bonds is 0. The molecule has 0 saturated heterocycles. The highest BCUT2D eigenvalue weighted by Gasteiger charge is 2.12. The molecule has 3 heteroatoms. The third-order valence-electron chi connectivity index (χ3n) is 1.85.